The Balaban J connectivity index is 0.00000364. The van der Waals surface area contributed by atoms with E-state index in [1.807, 2.05) is 12.1 Å². The lowest BCUT2D eigenvalue weighted by Crippen LogP contribution is -2.50. The van der Waals surface area contributed by atoms with Crippen LogP contribution in [0.25, 0.3) is 0 Å². The average molecular weight is 489 g/mol. The van der Waals surface area contributed by atoms with Crippen LogP contribution in [0.2, 0.25) is 0 Å². The molecule has 0 atom stereocenters. The third kappa shape index (κ3) is 8.79. The summed E-state index contributed by atoms with van der Waals surface area (Å²) >= 11 is 0. The number of guanidine groups is 1. The largest absolute Gasteiger partial charge is 0.508 e. The molecular formula is C19H32IN5O2. The number of nitrogens with zero attached hydrogens (tertiary/aromatic N) is 2. The SMILES string of the molecule is CN=C(NCCCc1ccc(O)cc1)NC1CCN(CC(=O)NC)CC1.I. The molecule has 0 unspecified atom stereocenters. The second kappa shape index (κ2) is 12.8. The lowest BCUT2D eigenvalue weighted by atomic mass is 10.1. The number of likely N-dealkylation sites (tertiary alicyclic amines) is 1. The maximum absolute atomic E-state index is 11.4. The van der Waals surface area contributed by atoms with Gasteiger partial charge in [0, 0.05) is 39.8 Å². The summed E-state index contributed by atoms with van der Waals surface area (Å²) in [5.74, 6) is 1.21. The van der Waals surface area contributed by atoms with Crippen LogP contribution >= 0.6 is 24.0 Å². The second-order valence-electron chi connectivity index (χ2n) is 6.64. The van der Waals surface area contributed by atoms with E-state index in [0.29, 0.717) is 18.3 Å². The van der Waals surface area contributed by atoms with E-state index in [1.54, 1.807) is 26.2 Å². The molecule has 2 rings (SSSR count). The molecule has 1 aromatic carbocycles. The monoisotopic (exact) mass is 489 g/mol. The van der Waals surface area contributed by atoms with Gasteiger partial charge in [0.1, 0.15) is 5.75 Å². The van der Waals surface area contributed by atoms with E-state index in [0.717, 1.165) is 51.3 Å². The van der Waals surface area contributed by atoms with Gasteiger partial charge in [-0.15, -0.1) is 24.0 Å². The molecule has 0 bridgehead atoms. The summed E-state index contributed by atoms with van der Waals surface area (Å²) in [5, 5.41) is 18.8. The Bertz CT molecular complexity index is 586. The Morgan fingerprint density at radius 1 is 1.26 bits per heavy atom. The van der Waals surface area contributed by atoms with Gasteiger partial charge < -0.3 is 21.1 Å². The lowest BCUT2D eigenvalue weighted by molar-refractivity contribution is -0.122. The standard InChI is InChI=1S/C19H31N5O2.HI/c1-20-18(26)14-24-12-9-16(10-13-24)23-19(21-2)22-11-3-4-15-5-7-17(25)8-6-15;/h5-8,16,25H,3-4,9-14H2,1-2H3,(H,20,26)(H2,21,22,23);1H. The topological polar surface area (TPSA) is 89.0 Å². The van der Waals surface area contributed by atoms with Crippen molar-refractivity contribution in [3.05, 3.63) is 29.8 Å². The first-order valence-corrected chi connectivity index (χ1v) is 9.28. The number of likely N-dealkylation sites (N-methyl/N-ethyl adjacent to an activating group) is 1. The van der Waals surface area contributed by atoms with Crippen molar-refractivity contribution in [2.75, 3.05) is 40.3 Å². The van der Waals surface area contributed by atoms with Crippen molar-refractivity contribution >= 4 is 35.8 Å². The fourth-order valence-corrected chi connectivity index (χ4v) is 3.07. The zero-order chi connectivity index (χ0) is 18.8. The maximum Gasteiger partial charge on any atom is 0.233 e. The fourth-order valence-electron chi connectivity index (χ4n) is 3.07. The molecule has 27 heavy (non-hydrogen) atoms. The first kappa shape index (κ1) is 23.5. The smallest absolute Gasteiger partial charge is 0.233 e. The number of hydrogen-bond donors (Lipinski definition) is 4. The minimum Gasteiger partial charge on any atom is -0.508 e. The summed E-state index contributed by atoms with van der Waals surface area (Å²) in [6.07, 6.45) is 3.97. The molecule has 4 N–H and O–H groups in total. The Hall–Kier alpha value is -1.55. The van der Waals surface area contributed by atoms with Crippen LogP contribution in [-0.4, -0.2) is 68.2 Å². The van der Waals surface area contributed by atoms with E-state index in [2.05, 4.69) is 25.8 Å². The second-order valence-corrected chi connectivity index (χ2v) is 6.64. The van der Waals surface area contributed by atoms with E-state index in [-0.39, 0.29) is 29.9 Å². The summed E-state index contributed by atoms with van der Waals surface area (Å²) in [5.41, 5.74) is 1.22. The highest BCUT2D eigenvalue weighted by Gasteiger charge is 2.21. The van der Waals surface area contributed by atoms with Crippen molar-refractivity contribution in [2.45, 2.75) is 31.7 Å². The molecule has 0 radical (unpaired) electrons. The first-order chi connectivity index (χ1) is 12.6. The predicted octanol–water partition coefficient (Wildman–Crippen LogP) is 1.32. The number of phenols is 1. The van der Waals surface area contributed by atoms with Gasteiger partial charge in [-0.1, -0.05) is 12.1 Å². The van der Waals surface area contributed by atoms with Gasteiger partial charge in [0.15, 0.2) is 5.96 Å². The molecule has 1 saturated heterocycles. The highest BCUT2D eigenvalue weighted by atomic mass is 127. The number of aliphatic imine (C=N–C) groups is 1. The van der Waals surface area contributed by atoms with Crippen molar-refractivity contribution in [2.24, 2.45) is 4.99 Å². The van der Waals surface area contributed by atoms with Gasteiger partial charge in [-0.05, 0) is 43.4 Å². The third-order valence-corrected chi connectivity index (χ3v) is 4.67. The van der Waals surface area contributed by atoms with Crippen LogP contribution in [0.4, 0.5) is 0 Å². The van der Waals surface area contributed by atoms with Crippen molar-refractivity contribution in [1.82, 2.24) is 20.9 Å². The summed E-state index contributed by atoms with van der Waals surface area (Å²) in [4.78, 5) is 17.9. The number of carbonyl (C=O) groups is 1. The van der Waals surface area contributed by atoms with Crippen LogP contribution < -0.4 is 16.0 Å². The van der Waals surface area contributed by atoms with Crippen LogP contribution in [0.3, 0.4) is 0 Å². The van der Waals surface area contributed by atoms with E-state index in [4.69, 9.17) is 0 Å². The van der Waals surface area contributed by atoms with Crippen LogP contribution in [0.5, 0.6) is 5.75 Å². The van der Waals surface area contributed by atoms with Crippen molar-refractivity contribution < 1.29 is 9.90 Å². The van der Waals surface area contributed by atoms with Gasteiger partial charge in [0.25, 0.3) is 0 Å². The van der Waals surface area contributed by atoms with Crippen molar-refractivity contribution in [1.29, 1.82) is 0 Å². The summed E-state index contributed by atoms with van der Waals surface area (Å²) < 4.78 is 0. The fraction of sp³-hybridized carbons (Fsp3) is 0.579. The molecular weight excluding hydrogens is 457 g/mol. The van der Waals surface area contributed by atoms with Gasteiger partial charge in [0.2, 0.25) is 5.91 Å². The predicted molar refractivity (Wildman–Crippen MR) is 120 cm³/mol. The van der Waals surface area contributed by atoms with Crippen LogP contribution in [0.1, 0.15) is 24.8 Å². The number of amides is 1. The van der Waals surface area contributed by atoms with Gasteiger partial charge in [-0.2, -0.15) is 0 Å². The van der Waals surface area contributed by atoms with Crippen molar-refractivity contribution in [3.8, 4) is 5.75 Å². The molecule has 1 aliphatic rings. The lowest BCUT2D eigenvalue weighted by Gasteiger charge is -2.32. The molecule has 1 aliphatic heterocycles. The Morgan fingerprint density at radius 2 is 1.93 bits per heavy atom. The van der Waals surface area contributed by atoms with E-state index in [1.165, 1.54) is 5.56 Å². The van der Waals surface area contributed by atoms with E-state index in [9.17, 15) is 9.90 Å². The van der Waals surface area contributed by atoms with E-state index < -0.39 is 0 Å². The third-order valence-electron chi connectivity index (χ3n) is 4.67. The average Bonchev–Trinajstić information content (AvgIpc) is 2.66. The number of aryl methyl sites for hydroxylation is 1. The quantitative estimate of drug-likeness (QED) is 0.201. The van der Waals surface area contributed by atoms with Crippen LogP contribution in [0.15, 0.2) is 29.3 Å². The minimum absolute atomic E-state index is 0. The van der Waals surface area contributed by atoms with Gasteiger partial charge >= 0.3 is 0 Å². The molecule has 0 saturated carbocycles. The zero-order valence-corrected chi connectivity index (χ0v) is 18.5. The molecule has 8 heteroatoms. The number of hydrogen-bond acceptors (Lipinski definition) is 4. The number of rotatable bonds is 7. The molecule has 152 valence electrons. The summed E-state index contributed by atoms with van der Waals surface area (Å²) in [6, 6.07) is 7.74. The minimum atomic E-state index is 0. The summed E-state index contributed by atoms with van der Waals surface area (Å²) in [7, 11) is 3.46. The number of carbonyl (C=O) groups excluding carboxylic acids is 1. The van der Waals surface area contributed by atoms with Gasteiger partial charge in [-0.3, -0.25) is 14.7 Å². The molecule has 0 aliphatic carbocycles. The number of phenolic OH excluding ortho intramolecular Hbond substituents is 1. The molecule has 0 spiro atoms. The number of halogens is 1. The highest BCUT2D eigenvalue weighted by molar-refractivity contribution is 14.0. The molecule has 1 fully saturated rings. The van der Waals surface area contributed by atoms with Crippen LogP contribution in [0, 0.1) is 0 Å². The van der Waals surface area contributed by atoms with Gasteiger partial charge in [-0.25, -0.2) is 0 Å². The van der Waals surface area contributed by atoms with E-state index >= 15 is 0 Å². The molecule has 1 amide bonds. The van der Waals surface area contributed by atoms with Crippen LogP contribution in [-0.2, 0) is 11.2 Å². The number of aromatic hydroxyl groups is 1. The Kier molecular flexibility index (Phi) is 11.1. The number of piperidine rings is 1. The van der Waals surface area contributed by atoms with Gasteiger partial charge in [0.05, 0.1) is 6.54 Å². The normalized spacial score (nSPS) is 15.7. The Labute approximate surface area is 179 Å². The summed E-state index contributed by atoms with van der Waals surface area (Å²) in [6.45, 7) is 3.16. The maximum atomic E-state index is 11.4. The zero-order valence-electron chi connectivity index (χ0n) is 16.2. The molecule has 7 nitrogen and oxygen atoms in total. The first-order valence-electron chi connectivity index (χ1n) is 9.28. The van der Waals surface area contributed by atoms with Crippen molar-refractivity contribution in [3.63, 3.8) is 0 Å². The highest BCUT2D eigenvalue weighted by Crippen LogP contribution is 2.11. The molecule has 1 aromatic rings. The number of nitrogens with one attached hydrogen (secondary N) is 3. The Morgan fingerprint density at radius 3 is 2.52 bits per heavy atom. The number of benzene rings is 1. The molecule has 0 aromatic heterocycles. The molecule has 1 heterocycles.